The maximum atomic E-state index is 12.4. The van der Waals surface area contributed by atoms with E-state index in [-0.39, 0.29) is 17.7 Å². The fourth-order valence-electron chi connectivity index (χ4n) is 2.13. The molecule has 2 unspecified atom stereocenters. The molecule has 0 aliphatic carbocycles. The lowest BCUT2D eigenvalue weighted by atomic mass is 9.98. The lowest BCUT2D eigenvalue weighted by molar-refractivity contribution is -0.134. The van der Waals surface area contributed by atoms with Crippen molar-refractivity contribution in [3.8, 4) is 0 Å². The molecule has 0 saturated carbocycles. The molecule has 1 aliphatic heterocycles. The van der Waals surface area contributed by atoms with Crippen LogP contribution in [0.25, 0.3) is 0 Å². The van der Waals surface area contributed by atoms with Crippen LogP contribution < -0.4 is 10.2 Å². The van der Waals surface area contributed by atoms with Crippen LogP contribution in [0.1, 0.15) is 20.8 Å². The van der Waals surface area contributed by atoms with Gasteiger partial charge in [0.2, 0.25) is 5.91 Å². The quantitative estimate of drug-likeness (QED) is 0.820. The van der Waals surface area contributed by atoms with Gasteiger partial charge in [0.15, 0.2) is 0 Å². The number of anilines is 1. The Labute approximate surface area is 106 Å². The Kier molecular flexibility index (Phi) is 3.11. The van der Waals surface area contributed by atoms with Crippen molar-refractivity contribution in [2.24, 2.45) is 13.0 Å². The third-order valence-corrected chi connectivity index (χ3v) is 3.20. The highest BCUT2D eigenvalue weighted by molar-refractivity contribution is 6.08. The summed E-state index contributed by atoms with van der Waals surface area (Å²) < 4.78 is 1.62. The molecule has 1 saturated heterocycles. The Hall–Kier alpha value is -1.85. The lowest BCUT2D eigenvalue weighted by Gasteiger charge is -2.38. The van der Waals surface area contributed by atoms with Crippen LogP contribution in [0.5, 0.6) is 0 Å². The number of rotatable bonds is 2. The second-order valence-corrected chi connectivity index (χ2v) is 4.99. The van der Waals surface area contributed by atoms with Crippen LogP contribution in [0.4, 0.5) is 5.69 Å². The smallest absolute Gasteiger partial charge is 0.250 e. The minimum absolute atomic E-state index is 0.0631. The summed E-state index contributed by atoms with van der Waals surface area (Å²) in [6, 6.07) is -0.967. The van der Waals surface area contributed by atoms with Gasteiger partial charge in [0.1, 0.15) is 12.1 Å². The maximum Gasteiger partial charge on any atom is 0.250 e. The van der Waals surface area contributed by atoms with Crippen molar-refractivity contribution in [3.05, 3.63) is 12.4 Å². The standard InChI is InChI=1S/C12H18N4O2/c1-7(2)10-12(18)16(8(3)11(17)14-10)9-5-13-15(4)6-9/h5-8,10H,1-4H3,(H,14,17). The minimum Gasteiger partial charge on any atom is -0.342 e. The Balaban J connectivity index is 2.36. The number of hydrogen-bond donors (Lipinski definition) is 1. The second-order valence-electron chi connectivity index (χ2n) is 4.99. The Morgan fingerprint density at radius 2 is 2.06 bits per heavy atom. The van der Waals surface area contributed by atoms with Crippen molar-refractivity contribution in [1.29, 1.82) is 0 Å². The fourth-order valence-corrected chi connectivity index (χ4v) is 2.13. The van der Waals surface area contributed by atoms with Gasteiger partial charge in [-0.3, -0.25) is 19.2 Å². The molecule has 98 valence electrons. The predicted octanol–water partition coefficient (Wildman–Crippen LogP) is 0.296. The van der Waals surface area contributed by atoms with Gasteiger partial charge in [-0.1, -0.05) is 13.8 Å². The number of hydrogen-bond acceptors (Lipinski definition) is 3. The average molecular weight is 250 g/mol. The van der Waals surface area contributed by atoms with Gasteiger partial charge in [0.25, 0.3) is 5.91 Å². The molecule has 2 rings (SSSR count). The van der Waals surface area contributed by atoms with Gasteiger partial charge in [-0.05, 0) is 12.8 Å². The number of aryl methyl sites for hydroxylation is 1. The van der Waals surface area contributed by atoms with E-state index in [1.165, 1.54) is 4.90 Å². The molecule has 2 heterocycles. The number of amides is 2. The first kappa shape index (κ1) is 12.6. The third-order valence-electron chi connectivity index (χ3n) is 3.20. The first-order valence-electron chi connectivity index (χ1n) is 6.04. The Bertz CT molecular complexity index is 480. The molecule has 2 amide bonds. The van der Waals surface area contributed by atoms with Crippen molar-refractivity contribution in [3.63, 3.8) is 0 Å². The zero-order valence-corrected chi connectivity index (χ0v) is 11.0. The van der Waals surface area contributed by atoms with E-state index in [0.717, 1.165) is 0 Å². The summed E-state index contributed by atoms with van der Waals surface area (Å²) in [5.41, 5.74) is 0.663. The summed E-state index contributed by atoms with van der Waals surface area (Å²) in [6.45, 7) is 5.55. The van der Waals surface area contributed by atoms with Crippen LogP contribution in [0.3, 0.4) is 0 Å². The van der Waals surface area contributed by atoms with E-state index in [4.69, 9.17) is 0 Å². The van der Waals surface area contributed by atoms with Crippen LogP contribution >= 0.6 is 0 Å². The van der Waals surface area contributed by atoms with Crippen molar-refractivity contribution in [1.82, 2.24) is 15.1 Å². The largest absolute Gasteiger partial charge is 0.342 e. The highest BCUT2D eigenvalue weighted by atomic mass is 16.2. The molecule has 0 bridgehead atoms. The predicted molar refractivity (Wildman–Crippen MR) is 66.9 cm³/mol. The van der Waals surface area contributed by atoms with E-state index in [1.807, 2.05) is 13.8 Å². The molecule has 1 aromatic rings. The summed E-state index contributed by atoms with van der Waals surface area (Å²) in [4.78, 5) is 25.8. The number of carbonyl (C=O) groups is 2. The summed E-state index contributed by atoms with van der Waals surface area (Å²) in [5, 5.41) is 6.81. The normalized spacial score (nSPS) is 24.6. The highest BCUT2D eigenvalue weighted by Crippen LogP contribution is 2.22. The number of nitrogens with one attached hydrogen (secondary N) is 1. The monoisotopic (exact) mass is 250 g/mol. The Morgan fingerprint density at radius 1 is 1.39 bits per heavy atom. The van der Waals surface area contributed by atoms with Gasteiger partial charge in [0.05, 0.1) is 11.9 Å². The molecule has 18 heavy (non-hydrogen) atoms. The van der Waals surface area contributed by atoms with Crippen molar-refractivity contribution >= 4 is 17.5 Å². The summed E-state index contributed by atoms with van der Waals surface area (Å²) in [6.07, 6.45) is 3.34. The molecule has 0 aromatic carbocycles. The average Bonchev–Trinajstić information content (AvgIpc) is 2.70. The van der Waals surface area contributed by atoms with Gasteiger partial charge in [0, 0.05) is 13.2 Å². The number of nitrogens with zero attached hydrogens (tertiary/aromatic N) is 3. The van der Waals surface area contributed by atoms with Crippen molar-refractivity contribution in [2.45, 2.75) is 32.9 Å². The highest BCUT2D eigenvalue weighted by Gasteiger charge is 2.40. The van der Waals surface area contributed by atoms with Crippen molar-refractivity contribution in [2.75, 3.05) is 4.90 Å². The van der Waals surface area contributed by atoms with Crippen LogP contribution in [-0.2, 0) is 16.6 Å². The van der Waals surface area contributed by atoms with Crippen LogP contribution in [-0.4, -0.2) is 33.7 Å². The number of carbonyl (C=O) groups excluding carboxylic acids is 2. The molecule has 6 heteroatoms. The van der Waals surface area contributed by atoms with Gasteiger partial charge >= 0.3 is 0 Å². The molecule has 2 atom stereocenters. The van der Waals surface area contributed by atoms with E-state index in [0.29, 0.717) is 5.69 Å². The molecule has 6 nitrogen and oxygen atoms in total. The molecule has 1 aromatic heterocycles. The molecule has 0 radical (unpaired) electrons. The lowest BCUT2D eigenvalue weighted by Crippen LogP contribution is -2.64. The minimum atomic E-state index is -0.503. The number of piperazine rings is 1. The van der Waals surface area contributed by atoms with Gasteiger partial charge in [-0.25, -0.2) is 0 Å². The second kappa shape index (κ2) is 4.44. The number of aromatic nitrogens is 2. The van der Waals surface area contributed by atoms with Gasteiger partial charge in [-0.2, -0.15) is 5.10 Å². The Morgan fingerprint density at radius 3 is 2.56 bits per heavy atom. The molecule has 1 fully saturated rings. The van der Waals surface area contributed by atoms with E-state index >= 15 is 0 Å². The summed E-state index contributed by atoms with van der Waals surface area (Å²) >= 11 is 0. The van der Waals surface area contributed by atoms with Crippen LogP contribution in [0.2, 0.25) is 0 Å². The molecule has 1 aliphatic rings. The van der Waals surface area contributed by atoms with E-state index < -0.39 is 12.1 Å². The molecule has 0 spiro atoms. The van der Waals surface area contributed by atoms with Crippen molar-refractivity contribution < 1.29 is 9.59 Å². The zero-order chi connectivity index (χ0) is 13.4. The molecular formula is C12H18N4O2. The molecular weight excluding hydrogens is 232 g/mol. The first-order chi connectivity index (χ1) is 8.41. The first-order valence-corrected chi connectivity index (χ1v) is 6.04. The summed E-state index contributed by atoms with van der Waals surface area (Å²) in [5.74, 6) is -0.143. The van der Waals surface area contributed by atoms with E-state index in [1.54, 1.807) is 31.0 Å². The third kappa shape index (κ3) is 1.98. The van der Waals surface area contributed by atoms with E-state index in [9.17, 15) is 9.59 Å². The van der Waals surface area contributed by atoms with Crippen LogP contribution in [0.15, 0.2) is 12.4 Å². The molecule has 1 N–H and O–H groups in total. The van der Waals surface area contributed by atoms with Gasteiger partial charge < -0.3 is 5.32 Å². The maximum absolute atomic E-state index is 12.4. The SMILES string of the molecule is CC(C)C1NC(=O)C(C)N(c2cnn(C)c2)C1=O. The van der Waals surface area contributed by atoms with Crippen LogP contribution in [0, 0.1) is 5.92 Å². The fraction of sp³-hybridized carbons (Fsp3) is 0.583. The van der Waals surface area contributed by atoms with E-state index in [2.05, 4.69) is 10.4 Å². The summed E-state index contributed by atoms with van der Waals surface area (Å²) in [7, 11) is 1.78. The van der Waals surface area contributed by atoms with Gasteiger partial charge in [-0.15, -0.1) is 0 Å². The topological polar surface area (TPSA) is 67.2 Å². The zero-order valence-electron chi connectivity index (χ0n) is 11.0.